The third-order valence-electron chi connectivity index (χ3n) is 2.33. The molecule has 0 aliphatic heterocycles. The molecule has 0 bridgehead atoms. The minimum absolute atomic E-state index is 0.619. The predicted molar refractivity (Wildman–Crippen MR) is 67.1 cm³/mol. The fourth-order valence-corrected chi connectivity index (χ4v) is 1.85. The number of aromatic nitrogens is 2. The van der Waals surface area contributed by atoms with Crippen molar-refractivity contribution >= 4 is 28.9 Å². The number of hydrogen-bond donors (Lipinski definition) is 2. The van der Waals surface area contributed by atoms with E-state index in [2.05, 4.69) is 15.5 Å². The third kappa shape index (κ3) is 2.49. The Morgan fingerprint density at radius 3 is 2.81 bits per heavy atom. The number of rotatable bonds is 3. The first kappa shape index (κ1) is 11.3. The van der Waals surface area contributed by atoms with Gasteiger partial charge in [-0.05, 0) is 25.1 Å². The molecule has 0 saturated carbocycles. The summed E-state index contributed by atoms with van der Waals surface area (Å²) in [5, 5.41) is 11.3. The van der Waals surface area contributed by atoms with Crippen LogP contribution in [0.1, 0.15) is 11.3 Å². The number of anilines is 1. The maximum atomic E-state index is 6.04. The SMILES string of the molecule is Cc1[nH]ncc1CNc1ccc(Cl)cc1Cl. The van der Waals surface area contributed by atoms with Crippen LogP contribution in [0.25, 0.3) is 0 Å². The molecule has 2 N–H and O–H groups in total. The maximum Gasteiger partial charge on any atom is 0.0652 e. The highest BCUT2D eigenvalue weighted by atomic mass is 35.5. The Labute approximate surface area is 104 Å². The van der Waals surface area contributed by atoms with Crippen LogP contribution < -0.4 is 5.32 Å². The highest BCUT2D eigenvalue weighted by Gasteiger charge is 2.03. The number of benzene rings is 1. The Morgan fingerprint density at radius 2 is 2.19 bits per heavy atom. The van der Waals surface area contributed by atoms with Gasteiger partial charge in [0, 0.05) is 22.8 Å². The van der Waals surface area contributed by atoms with Crippen molar-refractivity contribution in [3.8, 4) is 0 Å². The van der Waals surface area contributed by atoms with Crippen LogP contribution >= 0.6 is 23.2 Å². The van der Waals surface area contributed by atoms with E-state index in [4.69, 9.17) is 23.2 Å². The lowest BCUT2D eigenvalue weighted by Crippen LogP contribution is -2.00. The molecule has 2 aromatic rings. The summed E-state index contributed by atoms with van der Waals surface area (Å²) in [6.07, 6.45) is 1.80. The second kappa shape index (κ2) is 4.76. The van der Waals surface area contributed by atoms with E-state index in [1.807, 2.05) is 13.0 Å². The second-order valence-electron chi connectivity index (χ2n) is 3.50. The summed E-state index contributed by atoms with van der Waals surface area (Å²) in [6.45, 7) is 2.66. The van der Waals surface area contributed by atoms with Crippen LogP contribution in [-0.2, 0) is 6.54 Å². The van der Waals surface area contributed by atoms with Gasteiger partial charge in [0.2, 0.25) is 0 Å². The first-order valence-electron chi connectivity index (χ1n) is 4.84. The quantitative estimate of drug-likeness (QED) is 0.880. The average Bonchev–Trinajstić information content (AvgIpc) is 2.63. The molecule has 3 nitrogen and oxygen atoms in total. The van der Waals surface area contributed by atoms with Gasteiger partial charge in [0.1, 0.15) is 0 Å². The molecule has 0 amide bonds. The van der Waals surface area contributed by atoms with Gasteiger partial charge < -0.3 is 5.32 Å². The maximum absolute atomic E-state index is 6.04. The smallest absolute Gasteiger partial charge is 0.0652 e. The Morgan fingerprint density at radius 1 is 1.38 bits per heavy atom. The number of aromatic amines is 1. The zero-order valence-corrected chi connectivity index (χ0v) is 10.2. The first-order valence-corrected chi connectivity index (χ1v) is 5.60. The van der Waals surface area contributed by atoms with Crippen molar-refractivity contribution in [2.45, 2.75) is 13.5 Å². The average molecular weight is 256 g/mol. The number of hydrogen-bond acceptors (Lipinski definition) is 2. The largest absolute Gasteiger partial charge is 0.380 e. The highest BCUT2D eigenvalue weighted by Crippen LogP contribution is 2.25. The van der Waals surface area contributed by atoms with Crippen molar-refractivity contribution in [1.82, 2.24) is 10.2 Å². The molecule has 0 aliphatic carbocycles. The van der Waals surface area contributed by atoms with E-state index >= 15 is 0 Å². The lowest BCUT2D eigenvalue weighted by atomic mass is 10.2. The van der Waals surface area contributed by atoms with Gasteiger partial charge in [0.15, 0.2) is 0 Å². The summed E-state index contributed by atoms with van der Waals surface area (Å²) in [4.78, 5) is 0. The normalized spacial score (nSPS) is 10.4. The fourth-order valence-electron chi connectivity index (χ4n) is 1.38. The van der Waals surface area contributed by atoms with E-state index in [0.717, 1.165) is 16.9 Å². The Kier molecular flexibility index (Phi) is 3.36. The molecule has 16 heavy (non-hydrogen) atoms. The van der Waals surface area contributed by atoms with Gasteiger partial charge in [-0.1, -0.05) is 23.2 Å². The van der Waals surface area contributed by atoms with Crippen LogP contribution in [0, 0.1) is 6.92 Å². The van der Waals surface area contributed by atoms with E-state index < -0.39 is 0 Å². The van der Waals surface area contributed by atoms with Crippen LogP contribution in [-0.4, -0.2) is 10.2 Å². The summed E-state index contributed by atoms with van der Waals surface area (Å²) in [5.41, 5.74) is 3.04. The molecule has 1 aromatic heterocycles. The molecule has 1 heterocycles. The molecule has 5 heteroatoms. The second-order valence-corrected chi connectivity index (χ2v) is 4.34. The van der Waals surface area contributed by atoms with E-state index in [1.54, 1.807) is 18.3 Å². The third-order valence-corrected chi connectivity index (χ3v) is 2.88. The molecule has 2 rings (SSSR count). The van der Waals surface area contributed by atoms with Gasteiger partial charge in [-0.25, -0.2) is 0 Å². The van der Waals surface area contributed by atoms with Gasteiger partial charge in [-0.3, -0.25) is 5.10 Å². The standard InChI is InChI=1S/C11H11Cl2N3/c1-7-8(6-15-16-7)5-14-11-3-2-9(12)4-10(11)13/h2-4,6,14H,5H2,1H3,(H,15,16). The van der Waals surface area contributed by atoms with Crippen LogP contribution in [0.5, 0.6) is 0 Å². The molecule has 0 fully saturated rings. The minimum Gasteiger partial charge on any atom is -0.380 e. The molecule has 0 atom stereocenters. The zero-order chi connectivity index (χ0) is 11.5. The molecule has 84 valence electrons. The van der Waals surface area contributed by atoms with E-state index in [9.17, 15) is 0 Å². The lowest BCUT2D eigenvalue weighted by molar-refractivity contribution is 1.04. The summed E-state index contributed by atoms with van der Waals surface area (Å²) >= 11 is 11.9. The number of nitrogens with one attached hydrogen (secondary N) is 2. The van der Waals surface area contributed by atoms with Crippen molar-refractivity contribution in [1.29, 1.82) is 0 Å². The van der Waals surface area contributed by atoms with Crippen LogP contribution in [0.3, 0.4) is 0 Å². The van der Waals surface area contributed by atoms with Gasteiger partial charge in [0.25, 0.3) is 0 Å². The summed E-state index contributed by atoms with van der Waals surface area (Å²) < 4.78 is 0. The predicted octanol–water partition coefficient (Wildman–Crippen LogP) is 3.64. The molecular formula is C11H11Cl2N3. The Balaban J connectivity index is 2.08. The van der Waals surface area contributed by atoms with Crippen molar-refractivity contribution in [2.75, 3.05) is 5.32 Å². The monoisotopic (exact) mass is 255 g/mol. The van der Waals surface area contributed by atoms with Crippen molar-refractivity contribution in [3.63, 3.8) is 0 Å². The Hall–Kier alpha value is -1.19. The molecule has 0 unspecified atom stereocenters. The Bertz CT molecular complexity index is 494. The lowest BCUT2D eigenvalue weighted by Gasteiger charge is -2.07. The van der Waals surface area contributed by atoms with E-state index in [0.29, 0.717) is 16.6 Å². The first-order chi connectivity index (χ1) is 7.66. The molecule has 0 aliphatic rings. The molecule has 0 spiro atoms. The van der Waals surface area contributed by atoms with Crippen molar-refractivity contribution < 1.29 is 0 Å². The number of nitrogens with zero attached hydrogens (tertiary/aromatic N) is 1. The van der Waals surface area contributed by atoms with Gasteiger partial charge >= 0.3 is 0 Å². The van der Waals surface area contributed by atoms with E-state index in [-0.39, 0.29) is 0 Å². The van der Waals surface area contributed by atoms with Crippen molar-refractivity contribution in [3.05, 3.63) is 45.7 Å². The molecular weight excluding hydrogens is 245 g/mol. The van der Waals surface area contributed by atoms with Gasteiger partial charge in [-0.15, -0.1) is 0 Å². The number of H-pyrrole nitrogens is 1. The molecule has 0 saturated heterocycles. The highest BCUT2D eigenvalue weighted by molar-refractivity contribution is 6.36. The summed E-state index contributed by atoms with van der Waals surface area (Å²) in [6, 6.07) is 5.38. The molecule has 0 radical (unpaired) electrons. The number of halogens is 2. The molecule has 1 aromatic carbocycles. The van der Waals surface area contributed by atoms with Crippen LogP contribution in [0.15, 0.2) is 24.4 Å². The number of aryl methyl sites for hydroxylation is 1. The topological polar surface area (TPSA) is 40.7 Å². The fraction of sp³-hybridized carbons (Fsp3) is 0.182. The van der Waals surface area contributed by atoms with Gasteiger partial charge in [0.05, 0.1) is 16.9 Å². The van der Waals surface area contributed by atoms with Crippen LogP contribution in [0.4, 0.5) is 5.69 Å². The zero-order valence-electron chi connectivity index (χ0n) is 8.72. The summed E-state index contributed by atoms with van der Waals surface area (Å²) in [7, 11) is 0. The van der Waals surface area contributed by atoms with Gasteiger partial charge in [-0.2, -0.15) is 5.10 Å². The van der Waals surface area contributed by atoms with Crippen molar-refractivity contribution in [2.24, 2.45) is 0 Å². The minimum atomic E-state index is 0.619. The van der Waals surface area contributed by atoms with E-state index in [1.165, 1.54) is 0 Å². The summed E-state index contributed by atoms with van der Waals surface area (Å²) in [5.74, 6) is 0. The van der Waals surface area contributed by atoms with Crippen LogP contribution in [0.2, 0.25) is 10.0 Å².